The first-order valence-electron chi connectivity index (χ1n) is 4.85. The summed E-state index contributed by atoms with van der Waals surface area (Å²) in [5.74, 6) is 0. The Hall–Kier alpha value is -0.210. The average Bonchev–Trinajstić information content (AvgIpc) is 2.29. The van der Waals surface area contributed by atoms with Crippen LogP contribution in [-0.4, -0.2) is 31.2 Å². The van der Waals surface area contributed by atoms with Gasteiger partial charge in [-0.15, -0.1) is 0 Å². The fraction of sp³-hybridized carbons (Fsp3) is 0.444. The summed E-state index contributed by atoms with van der Waals surface area (Å²) >= 11 is 8.86. The molecule has 0 saturated carbocycles. The van der Waals surface area contributed by atoms with Crippen LogP contribution in [0.15, 0.2) is 21.6 Å². The number of aromatic nitrogens is 1. The number of sulfonamides is 1. The standard InChI is InChI=1S/C9H12BrClN2O3S/c1-2-7(5-14)13-17(15,16)8-3-6(10)4-12-9(8)11/h3-4,7,13-14H,2,5H2,1H3. The molecular weight excluding hydrogens is 332 g/mol. The van der Waals surface area contributed by atoms with Gasteiger partial charge >= 0.3 is 0 Å². The molecule has 0 spiro atoms. The van der Waals surface area contributed by atoms with E-state index in [4.69, 9.17) is 16.7 Å². The van der Waals surface area contributed by atoms with Crippen molar-refractivity contribution >= 4 is 37.6 Å². The fourth-order valence-corrected chi connectivity index (χ4v) is 3.38. The number of rotatable bonds is 5. The molecule has 1 aromatic heterocycles. The van der Waals surface area contributed by atoms with Gasteiger partial charge in [0.15, 0.2) is 0 Å². The zero-order valence-electron chi connectivity index (χ0n) is 9.02. The Morgan fingerprint density at radius 2 is 2.29 bits per heavy atom. The molecule has 0 saturated heterocycles. The Balaban J connectivity index is 3.09. The minimum absolute atomic E-state index is 0.103. The number of hydrogen-bond donors (Lipinski definition) is 2. The van der Waals surface area contributed by atoms with Gasteiger partial charge < -0.3 is 5.11 Å². The number of halogens is 2. The minimum Gasteiger partial charge on any atom is -0.395 e. The predicted octanol–water partition coefficient (Wildman–Crippen LogP) is 1.55. The van der Waals surface area contributed by atoms with Crippen molar-refractivity contribution in [1.29, 1.82) is 0 Å². The molecule has 0 aliphatic rings. The first kappa shape index (κ1) is 14.8. The van der Waals surface area contributed by atoms with E-state index in [1.165, 1.54) is 12.3 Å². The molecule has 0 amide bonds. The van der Waals surface area contributed by atoms with Crippen LogP contribution in [0.5, 0.6) is 0 Å². The Bertz CT molecular complexity index is 491. The molecule has 8 heteroatoms. The van der Waals surface area contributed by atoms with E-state index < -0.39 is 16.1 Å². The minimum atomic E-state index is -3.77. The highest BCUT2D eigenvalue weighted by Gasteiger charge is 2.22. The zero-order chi connectivity index (χ0) is 13.1. The molecule has 0 aliphatic heterocycles. The van der Waals surface area contributed by atoms with Crippen molar-refractivity contribution < 1.29 is 13.5 Å². The number of hydrogen-bond acceptors (Lipinski definition) is 4. The third-order valence-electron chi connectivity index (χ3n) is 2.10. The van der Waals surface area contributed by atoms with Crippen LogP contribution in [0.4, 0.5) is 0 Å². The quantitative estimate of drug-likeness (QED) is 0.795. The number of nitrogens with one attached hydrogen (secondary N) is 1. The maximum Gasteiger partial charge on any atom is 0.244 e. The number of pyridine rings is 1. The number of nitrogens with zero attached hydrogens (tertiary/aromatic N) is 1. The maximum absolute atomic E-state index is 12.0. The van der Waals surface area contributed by atoms with Gasteiger partial charge in [0.1, 0.15) is 10.0 Å². The molecule has 0 bridgehead atoms. The van der Waals surface area contributed by atoms with Crippen LogP contribution in [0.3, 0.4) is 0 Å². The Morgan fingerprint density at radius 1 is 1.65 bits per heavy atom. The van der Waals surface area contributed by atoms with Gasteiger partial charge in [0.25, 0.3) is 0 Å². The molecule has 1 atom stereocenters. The van der Waals surface area contributed by atoms with Gasteiger partial charge in [-0.2, -0.15) is 0 Å². The topological polar surface area (TPSA) is 79.3 Å². The smallest absolute Gasteiger partial charge is 0.244 e. The molecule has 1 rings (SSSR count). The van der Waals surface area contributed by atoms with E-state index in [9.17, 15) is 8.42 Å². The summed E-state index contributed by atoms with van der Waals surface area (Å²) in [5, 5.41) is 8.87. The van der Waals surface area contributed by atoms with E-state index in [-0.39, 0.29) is 16.7 Å². The van der Waals surface area contributed by atoms with Crippen molar-refractivity contribution in [3.05, 3.63) is 21.9 Å². The zero-order valence-corrected chi connectivity index (χ0v) is 12.2. The van der Waals surface area contributed by atoms with Gasteiger partial charge in [0.05, 0.1) is 6.61 Å². The van der Waals surface area contributed by atoms with Crippen molar-refractivity contribution in [3.8, 4) is 0 Å². The highest BCUT2D eigenvalue weighted by molar-refractivity contribution is 9.10. The first-order valence-corrected chi connectivity index (χ1v) is 7.50. The van der Waals surface area contributed by atoms with E-state index >= 15 is 0 Å². The summed E-state index contributed by atoms with van der Waals surface area (Å²) < 4.78 is 26.8. The molecular formula is C9H12BrClN2O3S. The third kappa shape index (κ3) is 3.89. The van der Waals surface area contributed by atoms with Gasteiger partial charge in [-0.05, 0) is 28.4 Å². The van der Waals surface area contributed by atoms with Gasteiger partial charge in [0.2, 0.25) is 10.0 Å². The molecule has 0 fully saturated rings. The van der Waals surface area contributed by atoms with Crippen molar-refractivity contribution in [2.75, 3.05) is 6.61 Å². The molecule has 0 aliphatic carbocycles. The Morgan fingerprint density at radius 3 is 2.82 bits per heavy atom. The van der Waals surface area contributed by atoms with Crippen molar-refractivity contribution in [2.24, 2.45) is 0 Å². The van der Waals surface area contributed by atoms with Gasteiger partial charge in [-0.25, -0.2) is 18.1 Å². The van der Waals surface area contributed by atoms with Crippen molar-refractivity contribution in [2.45, 2.75) is 24.3 Å². The van der Waals surface area contributed by atoms with Crippen molar-refractivity contribution in [1.82, 2.24) is 9.71 Å². The van der Waals surface area contributed by atoms with Crippen LogP contribution in [0.25, 0.3) is 0 Å². The second-order valence-electron chi connectivity index (χ2n) is 3.35. The maximum atomic E-state index is 12.0. The molecule has 2 N–H and O–H groups in total. The molecule has 1 unspecified atom stereocenters. The van der Waals surface area contributed by atoms with Crippen LogP contribution in [0.1, 0.15) is 13.3 Å². The van der Waals surface area contributed by atoms with Crippen LogP contribution in [0.2, 0.25) is 5.15 Å². The fourth-order valence-electron chi connectivity index (χ4n) is 1.13. The summed E-state index contributed by atoms with van der Waals surface area (Å²) in [7, 11) is -3.77. The second kappa shape index (κ2) is 6.10. The largest absolute Gasteiger partial charge is 0.395 e. The van der Waals surface area contributed by atoms with Crippen LogP contribution in [-0.2, 0) is 10.0 Å². The lowest BCUT2D eigenvalue weighted by Crippen LogP contribution is -2.37. The molecule has 5 nitrogen and oxygen atoms in total. The molecule has 96 valence electrons. The summed E-state index contributed by atoms with van der Waals surface area (Å²) in [4.78, 5) is 3.63. The SMILES string of the molecule is CCC(CO)NS(=O)(=O)c1cc(Br)cnc1Cl. The summed E-state index contributed by atoms with van der Waals surface area (Å²) in [6.07, 6.45) is 1.89. The highest BCUT2D eigenvalue weighted by atomic mass is 79.9. The predicted molar refractivity (Wildman–Crippen MR) is 68.4 cm³/mol. The molecule has 17 heavy (non-hydrogen) atoms. The van der Waals surface area contributed by atoms with E-state index in [1.807, 2.05) is 0 Å². The lowest BCUT2D eigenvalue weighted by Gasteiger charge is -2.14. The summed E-state index contributed by atoms with van der Waals surface area (Å²) in [6, 6.07) is 0.830. The highest BCUT2D eigenvalue weighted by Crippen LogP contribution is 2.22. The summed E-state index contributed by atoms with van der Waals surface area (Å²) in [6.45, 7) is 1.50. The lowest BCUT2D eigenvalue weighted by atomic mass is 10.3. The number of aliphatic hydroxyl groups excluding tert-OH is 1. The summed E-state index contributed by atoms with van der Waals surface area (Å²) in [5.41, 5.74) is 0. The molecule has 1 aromatic rings. The van der Waals surface area contributed by atoms with Crippen LogP contribution < -0.4 is 4.72 Å². The van der Waals surface area contributed by atoms with Gasteiger partial charge in [-0.3, -0.25) is 0 Å². The molecule has 0 aromatic carbocycles. The number of aliphatic hydroxyl groups is 1. The Kier molecular flexibility index (Phi) is 5.33. The third-order valence-corrected chi connectivity index (χ3v) is 4.48. The Labute approximate surface area is 113 Å². The van der Waals surface area contributed by atoms with Crippen LogP contribution >= 0.6 is 27.5 Å². The molecule has 0 radical (unpaired) electrons. The van der Waals surface area contributed by atoms with E-state index in [2.05, 4.69) is 25.6 Å². The second-order valence-corrected chi connectivity index (χ2v) is 6.31. The van der Waals surface area contributed by atoms with Crippen LogP contribution in [0, 0.1) is 0 Å². The van der Waals surface area contributed by atoms with Gasteiger partial charge in [-0.1, -0.05) is 18.5 Å². The first-order chi connectivity index (χ1) is 7.90. The molecule has 1 heterocycles. The normalized spacial score (nSPS) is 13.6. The lowest BCUT2D eigenvalue weighted by molar-refractivity contribution is 0.254. The van der Waals surface area contributed by atoms with Gasteiger partial charge in [0, 0.05) is 16.7 Å². The average molecular weight is 344 g/mol. The van der Waals surface area contributed by atoms with E-state index in [0.717, 1.165) is 0 Å². The monoisotopic (exact) mass is 342 g/mol. The van der Waals surface area contributed by atoms with Crippen molar-refractivity contribution in [3.63, 3.8) is 0 Å². The van der Waals surface area contributed by atoms with E-state index in [0.29, 0.717) is 10.9 Å². The van der Waals surface area contributed by atoms with E-state index in [1.54, 1.807) is 6.92 Å².